The van der Waals surface area contributed by atoms with Gasteiger partial charge in [0.1, 0.15) is 11.5 Å². The van der Waals surface area contributed by atoms with E-state index in [9.17, 15) is 19.8 Å². The van der Waals surface area contributed by atoms with Gasteiger partial charge in [-0.2, -0.15) is 10.1 Å². The zero-order valence-corrected chi connectivity index (χ0v) is 12.5. The molecule has 0 bridgehead atoms. The van der Waals surface area contributed by atoms with Gasteiger partial charge in [0.05, 0.1) is 11.3 Å². The summed E-state index contributed by atoms with van der Waals surface area (Å²) in [7, 11) is 1.35. The molecule has 1 aromatic rings. The van der Waals surface area contributed by atoms with Gasteiger partial charge < -0.3 is 10.2 Å². The zero-order valence-electron chi connectivity index (χ0n) is 12.5. The highest BCUT2D eigenvalue weighted by Crippen LogP contribution is 2.32. The predicted molar refractivity (Wildman–Crippen MR) is 82.6 cm³/mol. The maximum absolute atomic E-state index is 12.3. The molecule has 0 aliphatic carbocycles. The Bertz CT molecular complexity index is 990. The molecule has 8 heteroatoms. The molecule has 118 valence electrons. The van der Waals surface area contributed by atoms with Crippen LogP contribution in [0.15, 0.2) is 33.9 Å². The van der Waals surface area contributed by atoms with Crippen molar-refractivity contribution in [2.24, 2.45) is 7.05 Å². The molecule has 2 aliphatic heterocycles. The number of aryl methyl sites for hydroxylation is 1. The van der Waals surface area contributed by atoms with Gasteiger partial charge in [-0.05, 0) is 25.1 Å². The molecule has 3 rings (SSSR count). The molecule has 2 heterocycles. The zero-order chi connectivity index (χ0) is 16.7. The first-order chi connectivity index (χ1) is 10.9. The van der Waals surface area contributed by atoms with Gasteiger partial charge in [0, 0.05) is 25.2 Å². The van der Waals surface area contributed by atoms with Crippen LogP contribution in [0.3, 0.4) is 0 Å². The number of phenolic OH excluding ortho intramolecular Hbond substituents is 2. The Balaban J connectivity index is 2.38. The summed E-state index contributed by atoms with van der Waals surface area (Å²) >= 11 is 0. The van der Waals surface area contributed by atoms with Gasteiger partial charge in [-0.3, -0.25) is 9.36 Å². The van der Waals surface area contributed by atoms with Crippen molar-refractivity contribution in [2.45, 2.75) is 13.5 Å². The first-order valence-corrected chi connectivity index (χ1v) is 6.93. The van der Waals surface area contributed by atoms with E-state index in [4.69, 9.17) is 0 Å². The molecule has 0 radical (unpaired) electrons. The summed E-state index contributed by atoms with van der Waals surface area (Å²) in [6.45, 7) is 2.19. The van der Waals surface area contributed by atoms with E-state index in [-0.39, 0.29) is 22.9 Å². The van der Waals surface area contributed by atoms with E-state index in [1.165, 1.54) is 36.0 Å². The lowest BCUT2D eigenvalue weighted by Crippen LogP contribution is -2.36. The van der Waals surface area contributed by atoms with E-state index in [1.807, 2.05) is 0 Å². The highest BCUT2D eigenvalue weighted by Gasteiger charge is 2.19. The van der Waals surface area contributed by atoms with Crippen LogP contribution < -0.4 is 11.2 Å². The summed E-state index contributed by atoms with van der Waals surface area (Å²) in [5, 5.41) is 23.7. The largest absolute Gasteiger partial charge is 0.508 e. The van der Waals surface area contributed by atoms with E-state index < -0.39 is 11.2 Å². The van der Waals surface area contributed by atoms with Gasteiger partial charge in [-0.15, -0.1) is 0 Å². The van der Waals surface area contributed by atoms with Crippen LogP contribution >= 0.6 is 0 Å². The standard InChI is InChI=1S/C15H14N4O4/c1-3-19-13-10(14(22)18(2)15(23)16-13)7-11(17-19)9-5-4-8(20)6-12(9)21/h4-7,20-21H,3H2,1-2H3. The van der Waals surface area contributed by atoms with Crippen LogP contribution in [0, 0.1) is 0 Å². The average molecular weight is 314 g/mol. The molecule has 2 aliphatic rings. The molecule has 23 heavy (non-hydrogen) atoms. The van der Waals surface area contributed by atoms with Crippen molar-refractivity contribution in [1.82, 2.24) is 19.3 Å². The van der Waals surface area contributed by atoms with Crippen LogP contribution in [-0.2, 0) is 13.6 Å². The summed E-state index contributed by atoms with van der Waals surface area (Å²) < 4.78 is 2.35. The fraction of sp³-hybridized carbons (Fsp3) is 0.200. The molecular formula is C15H14N4O4. The van der Waals surface area contributed by atoms with E-state index in [0.717, 1.165) is 4.57 Å². The van der Waals surface area contributed by atoms with E-state index in [2.05, 4.69) is 10.1 Å². The molecule has 0 spiro atoms. The highest BCUT2D eigenvalue weighted by atomic mass is 16.3. The smallest absolute Gasteiger partial charge is 0.352 e. The number of fused-ring (bicyclic) bond motifs is 1. The molecule has 0 saturated carbocycles. The van der Waals surface area contributed by atoms with Crippen LogP contribution in [-0.4, -0.2) is 29.5 Å². The summed E-state index contributed by atoms with van der Waals surface area (Å²) in [6.07, 6.45) is 0. The number of aromatic hydroxyl groups is 2. The average Bonchev–Trinajstić information content (AvgIpc) is 2.52. The maximum Gasteiger partial charge on any atom is 0.352 e. The monoisotopic (exact) mass is 314 g/mol. The summed E-state index contributed by atoms with van der Waals surface area (Å²) in [5.74, 6) is -0.0451. The third kappa shape index (κ3) is 2.33. The lowest BCUT2D eigenvalue weighted by atomic mass is 10.1. The minimum atomic E-state index is -0.647. The molecule has 0 unspecified atom stereocenters. The van der Waals surface area contributed by atoms with Crippen molar-refractivity contribution >= 4 is 0 Å². The second-order valence-corrected chi connectivity index (χ2v) is 5.04. The van der Waals surface area contributed by atoms with Gasteiger partial charge >= 0.3 is 5.69 Å². The third-order valence-corrected chi connectivity index (χ3v) is 3.58. The van der Waals surface area contributed by atoms with Gasteiger partial charge in [-0.25, -0.2) is 9.48 Å². The van der Waals surface area contributed by atoms with E-state index in [0.29, 0.717) is 17.8 Å². The first-order valence-electron chi connectivity index (χ1n) is 6.93. The molecule has 0 atom stereocenters. The quantitative estimate of drug-likeness (QED) is 0.714. The van der Waals surface area contributed by atoms with Crippen LogP contribution in [0.1, 0.15) is 6.92 Å². The lowest BCUT2D eigenvalue weighted by molar-refractivity contribution is 0.451. The number of hydrogen-bond acceptors (Lipinski definition) is 6. The van der Waals surface area contributed by atoms with Crippen LogP contribution in [0.25, 0.3) is 22.6 Å². The second kappa shape index (κ2) is 5.24. The Morgan fingerprint density at radius 1 is 1.13 bits per heavy atom. The van der Waals surface area contributed by atoms with Crippen LogP contribution in [0.2, 0.25) is 0 Å². The lowest BCUT2D eigenvalue weighted by Gasteiger charge is -2.14. The van der Waals surface area contributed by atoms with E-state index in [1.54, 1.807) is 6.92 Å². The fourth-order valence-corrected chi connectivity index (χ4v) is 2.34. The Morgan fingerprint density at radius 2 is 1.87 bits per heavy atom. The van der Waals surface area contributed by atoms with Crippen molar-refractivity contribution in [2.75, 3.05) is 0 Å². The van der Waals surface area contributed by atoms with Gasteiger partial charge in [0.15, 0.2) is 5.82 Å². The highest BCUT2D eigenvalue weighted by molar-refractivity contribution is 5.72. The minimum absolute atomic E-state index is 0.0796. The molecular weight excluding hydrogens is 300 g/mol. The molecule has 0 amide bonds. The van der Waals surface area contributed by atoms with Gasteiger partial charge in [0.2, 0.25) is 0 Å². The van der Waals surface area contributed by atoms with E-state index >= 15 is 0 Å². The van der Waals surface area contributed by atoms with Gasteiger partial charge in [-0.1, -0.05) is 0 Å². The van der Waals surface area contributed by atoms with Crippen LogP contribution in [0.4, 0.5) is 0 Å². The number of nitrogens with zero attached hydrogens (tertiary/aromatic N) is 4. The Kier molecular flexibility index (Phi) is 3.36. The van der Waals surface area contributed by atoms with Crippen LogP contribution in [0.5, 0.6) is 11.5 Å². The fourth-order valence-electron chi connectivity index (χ4n) is 2.34. The molecule has 2 N–H and O–H groups in total. The maximum atomic E-state index is 12.3. The molecule has 0 fully saturated rings. The first kappa shape index (κ1) is 14.8. The van der Waals surface area contributed by atoms with Crippen molar-refractivity contribution < 1.29 is 10.2 Å². The summed E-state index contributed by atoms with van der Waals surface area (Å²) in [4.78, 5) is 27.9. The van der Waals surface area contributed by atoms with Crippen molar-refractivity contribution in [3.63, 3.8) is 0 Å². The Hall–Kier alpha value is -3.16. The molecule has 0 aromatic heterocycles. The predicted octanol–water partition coefficient (Wildman–Crippen LogP) is 0.540. The topological polar surface area (TPSA) is 110 Å². The molecule has 8 nitrogen and oxygen atoms in total. The third-order valence-electron chi connectivity index (χ3n) is 3.58. The number of aromatic nitrogens is 4. The van der Waals surface area contributed by atoms with Crippen molar-refractivity contribution in [3.05, 3.63) is 45.1 Å². The minimum Gasteiger partial charge on any atom is -0.508 e. The molecule has 1 aromatic carbocycles. The number of benzene rings is 1. The summed E-state index contributed by atoms with van der Waals surface area (Å²) in [6, 6.07) is 5.57. The Morgan fingerprint density at radius 3 is 2.52 bits per heavy atom. The van der Waals surface area contributed by atoms with Crippen molar-refractivity contribution in [3.8, 4) is 34.1 Å². The number of rotatable bonds is 2. The molecule has 0 saturated heterocycles. The van der Waals surface area contributed by atoms with Crippen molar-refractivity contribution in [1.29, 1.82) is 0 Å². The normalized spacial score (nSPS) is 11.0. The Labute approximate surface area is 130 Å². The number of hydrogen-bond donors (Lipinski definition) is 2. The second-order valence-electron chi connectivity index (χ2n) is 5.04. The summed E-state index contributed by atoms with van der Waals surface area (Å²) in [5.41, 5.74) is -0.197. The number of phenols is 2. The SMILES string of the molecule is CCn1nc(-c2ccc(O)cc2O)cc2c(=O)n(C)c(=O)nc1-2. The van der Waals surface area contributed by atoms with Gasteiger partial charge in [0.25, 0.3) is 5.56 Å².